The van der Waals surface area contributed by atoms with Crippen molar-refractivity contribution in [1.82, 2.24) is 4.98 Å². The molecule has 3 rings (SSSR count). The van der Waals surface area contributed by atoms with E-state index in [4.69, 9.17) is 22.1 Å². The lowest BCUT2D eigenvalue weighted by molar-refractivity contribution is 0.0994. The number of H-pyrrole nitrogens is 1. The second-order valence-electron chi connectivity index (χ2n) is 4.29. The molecule has 0 saturated carbocycles. The summed E-state index contributed by atoms with van der Waals surface area (Å²) in [5.74, 6) is 0.447. The van der Waals surface area contributed by atoms with Crippen LogP contribution in [0.5, 0.6) is 11.5 Å². The van der Waals surface area contributed by atoms with Crippen LogP contribution in [-0.4, -0.2) is 10.9 Å². The molecule has 0 aliphatic rings. The van der Waals surface area contributed by atoms with Crippen LogP contribution in [0.15, 0.2) is 48.5 Å². The van der Waals surface area contributed by atoms with E-state index in [0.29, 0.717) is 16.5 Å². The first kappa shape index (κ1) is 12.6. The lowest BCUT2D eigenvalue weighted by Gasteiger charge is -2.06. The Bertz CT molecular complexity index is 778. The van der Waals surface area contributed by atoms with E-state index in [0.717, 1.165) is 10.9 Å². The van der Waals surface area contributed by atoms with Crippen molar-refractivity contribution in [2.24, 2.45) is 5.73 Å². The minimum atomic E-state index is -0.565. The Labute approximate surface area is 120 Å². The maximum absolute atomic E-state index is 11.5. The first-order valence-corrected chi connectivity index (χ1v) is 6.37. The lowest BCUT2D eigenvalue weighted by Crippen LogP contribution is -2.12. The molecule has 0 aliphatic carbocycles. The average molecular weight is 287 g/mol. The van der Waals surface area contributed by atoms with Crippen LogP contribution in [0.3, 0.4) is 0 Å². The topological polar surface area (TPSA) is 68.1 Å². The number of para-hydroxylation sites is 1. The largest absolute Gasteiger partial charge is 0.454 e. The maximum Gasteiger partial charge on any atom is 0.269 e. The Morgan fingerprint density at radius 1 is 1.10 bits per heavy atom. The van der Waals surface area contributed by atoms with Crippen molar-refractivity contribution >= 4 is 28.4 Å². The third-order valence-corrected chi connectivity index (χ3v) is 3.19. The summed E-state index contributed by atoms with van der Waals surface area (Å²) in [6.07, 6.45) is 0. The molecule has 0 saturated heterocycles. The number of primary amides is 1. The van der Waals surface area contributed by atoms with E-state index in [-0.39, 0.29) is 5.69 Å². The summed E-state index contributed by atoms with van der Waals surface area (Å²) in [5.41, 5.74) is 6.43. The minimum absolute atomic E-state index is 0.251. The monoisotopic (exact) mass is 286 g/mol. The van der Waals surface area contributed by atoms with Crippen LogP contribution in [0, 0.1) is 0 Å². The first-order valence-electron chi connectivity index (χ1n) is 5.99. The fraction of sp³-hybridized carbons (Fsp3) is 0. The van der Waals surface area contributed by atoms with Gasteiger partial charge in [-0.3, -0.25) is 4.79 Å². The lowest BCUT2D eigenvalue weighted by atomic mass is 10.2. The van der Waals surface area contributed by atoms with Gasteiger partial charge in [-0.05, 0) is 36.4 Å². The number of hydrogen-bond acceptors (Lipinski definition) is 2. The highest BCUT2D eigenvalue weighted by Crippen LogP contribution is 2.33. The van der Waals surface area contributed by atoms with Crippen LogP contribution in [0.1, 0.15) is 10.5 Å². The van der Waals surface area contributed by atoms with Crippen LogP contribution in [0.25, 0.3) is 10.9 Å². The molecule has 3 N–H and O–H groups in total. The van der Waals surface area contributed by atoms with Gasteiger partial charge in [-0.2, -0.15) is 0 Å². The number of ether oxygens (including phenoxy) is 1. The molecule has 1 amide bonds. The quantitative estimate of drug-likeness (QED) is 0.770. The van der Waals surface area contributed by atoms with Crippen LogP contribution >= 0.6 is 11.6 Å². The van der Waals surface area contributed by atoms with Gasteiger partial charge in [0.05, 0.1) is 0 Å². The number of aromatic amines is 1. The zero-order valence-electron chi connectivity index (χ0n) is 10.4. The summed E-state index contributed by atoms with van der Waals surface area (Å²) < 4.78 is 5.79. The summed E-state index contributed by atoms with van der Waals surface area (Å²) in [6.45, 7) is 0. The van der Waals surface area contributed by atoms with Crippen molar-refractivity contribution in [2.75, 3.05) is 0 Å². The van der Waals surface area contributed by atoms with Crippen molar-refractivity contribution in [3.05, 3.63) is 59.2 Å². The first-order chi connectivity index (χ1) is 9.65. The SMILES string of the molecule is NC(=O)c1[nH]c2ccccc2c1Oc1ccc(Cl)cc1. The molecule has 3 aromatic rings. The number of hydrogen-bond donors (Lipinski definition) is 2. The summed E-state index contributed by atoms with van der Waals surface area (Å²) in [7, 11) is 0. The van der Waals surface area contributed by atoms with Crippen molar-refractivity contribution < 1.29 is 9.53 Å². The molecule has 100 valence electrons. The predicted octanol–water partition coefficient (Wildman–Crippen LogP) is 3.71. The fourth-order valence-electron chi connectivity index (χ4n) is 2.02. The Morgan fingerprint density at radius 2 is 1.80 bits per heavy atom. The molecule has 0 fully saturated rings. The molecule has 1 heterocycles. The molecule has 1 aromatic heterocycles. The van der Waals surface area contributed by atoms with Gasteiger partial charge in [-0.25, -0.2) is 0 Å². The van der Waals surface area contributed by atoms with Gasteiger partial charge in [0.25, 0.3) is 5.91 Å². The minimum Gasteiger partial charge on any atom is -0.454 e. The van der Waals surface area contributed by atoms with Crippen LogP contribution in [0.4, 0.5) is 0 Å². The van der Waals surface area contributed by atoms with Gasteiger partial charge in [0.15, 0.2) is 5.75 Å². The van der Waals surface area contributed by atoms with Gasteiger partial charge in [-0.1, -0.05) is 23.7 Å². The highest BCUT2D eigenvalue weighted by molar-refractivity contribution is 6.30. The molecule has 5 heteroatoms. The number of nitrogens with one attached hydrogen (secondary N) is 1. The fourth-order valence-corrected chi connectivity index (χ4v) is 2.14. The molecule has 0 aliphatic heterocycles. The standard InChI is InChI=1S/C15H11ClN2O2/c16-9-5-7-10(8-6-9)20-14-11-3-1-2-4-12(11)18-13(14)15(17)19/h1-8,18H,(H2,17,19). The van der Waals surface area contributed by atoms with Crippen molar-refractivity contribution in [1.29, 1.82) is 0 Å². The number of benzene rings is 2. The molecule has 0 bridgehead atoms. The van der Waals surface area contributed by atoms with Gasteiger partial charge in [0.1, 0.15) is 11.4 Å². The van der Waals surface area contributed by atoms with E-state index in [2.05, 4.69) is 4.98 Å². The second kappa shape index (κ2) is 4.90. The zero-order valence-corrected chi connectivity index (χ0v) is 11.1. The Balaban J connectivity index is 2.11. The highest BCUT2D eigenvalue weighted by Gasteiger charge is 2.17. The number of carbonyl (C=O) groups is 1. The van der Waals surface area contributed by atoms with Crippen molar-refractivity contribution in [3.63, 3.8) is 0 Å². The van der Waals surface area contributed by atoms with E-state index in [1.165, 1.54) is 0 Å². The van der Waals surface area contributed by atoms with Crippen LogP contribution in [0.2, 0.25) is 5.02 Å². The molecule has 0 radical (unpaired) electrons. The summed E-state index contributed by atoms with van der Waals surface area (Å²) in [6, 6.07) is 14.4. The number of nitrogens with two attached hydrogens (primary N) is 1. The normalized spacial score (nSPS) is 10.7. The van der Waals surface area contributed by atoms with Crippen molar-refractivity contribution in [2.45, 2.75) is 0 Å². The van der Waals surface area contributed by atoms with E-state index in [1.807, 2.05) is 24.3 Å². The predicted molar refractivity (Wildman–Crippen MR) is 78.3 cm³/mol. The van der Waals surface area contributed by atoms with Crippen LogP contribution in [-0.2, 0) is 0 Å². The molecular formula is C15H11ClN2O2. The molecular weight excluding hydrogens is 276 g/mol. The summed E-state index contributed by atoms with van der Waals surface area (Å²) in [4.78, 5) is 14.5. The number of carbonyl (C=O) groups excluding carboxylic acids is 1. The van der Waals surface area contributed by atoms with Gasteiger partial charge in [0, 0.05) is 15.9 Å². The van der Waals surface area contributed by atoms with Gasteiger partial charge < -0.3 is 15.5 Å². The number of halogens is 1. The Kier molecular flexibility index (Phi) is 3.08. The van der Waals surface area contributed by atoms with E-state index < -0.39 is 5.91 Å². The third kappa shape index (κ3) is 2.21. The highest BCUT2D eigenvalue weighted by atomic mass is 35.5. The number of aromatic nitrogens is 1. The smallest absolute Gasteiger partial charge is 0.269 e. The van der Waals surface area contributed by atoms with E-state index >= 15 is 0 Å². The number of fused-ring (bicyclic) bond motifs is 1. The molecule has 0 atom stereocenters. The third-order valence-electron chi connectivity index (χ3n) is 2.94. The van der Waals surface area contributed by atoms with E-state index in [1.54, 1.807) is 24.3 Å². The Morgan fingerprint density at radius 3 is 2.50 bits per heavy atom. The Hall–Kier alpha value is -2.46. The summed E-state index contributed by atoms with van der Waals surface area (Å²) in [5, 5.41) is 1.42. The molecule has 0 spiro atoms. The second-order valence-corrected chi connectivity index (χ2v) is 4.73. The van der Waals surface area contributed by atoms with E-state index in [9.17, 15) is 4.79 Å². The van der Waals surface area contributed by atoms with Crippen LogP contribution < -0.4 is 10.5 Å². The molecule has 0 unspecified atom stereocenters. The average Bonchev–Trinajstić information content (AvgIpc) is 2.81. The maximum atomic E-state index is 11.5. The zero-order chi connectivity index (χ0) is 14.1. The molecule has 2 aromatic carbocycles. The molecule has 20 heavy (non-hydrogen) atoms. The van der Waals surface area contributed by atoms with Gasteiger partial charge >= 0.3 is 0 Å². The van der Waals surface area contributed by atoms with Gasteiger partial charge in [-0.15, -0.1) is 0 Å². The van der Waals surface area contributed by atoms with Crippen molar-refractivity contribution in [3.8, 4) is 11.5 Å². The molecule has 4 nitrogen and oxygen atoms in total. The number of rotatable bonds is 3. The van der Waals surface area contributed by atoms with Gasteiger partial charge in [0.2, 0.25) is 0 Å². The summed E-state index contributed by atoms with van der Waals surface area (Å²) >= 11 is 5.83. The number of amides is 1.